The number of nitro benzene ring substituents is 1. The maximum atomic E-state index is 11.7. The van der Waals surface area contributed by atoms with Crippen LogP contribution in [0.4, 0.5) is 16.2 Å². The minimum absolute atomic E-state index is 0.238. The Morgan fingerprint density at radius 2 is 1.91 bits per heavy atom. The molecule has 2 amide bonds. The summed E-state index contributed by atoms with van der Waals surface area (Å²) in [5.74, 6) is -0.444. The summed E-state index contributed by atoms with van der Waals surface area (Å²) >= 11 is 0. The van der Waals surface area contributed by atoms with Gasteiger partial charge in [0.2, 0.25) is 0 Å². The van der Waals surface area contributed by atoms with Crippen LogP contribution >= 0.6 is 0 Å². The Hall–Kier alpha value is -3.09. The van der Waals surface area contributed by atoms with Gasteiger partial charge < -0.3 is 15.7 Å². The highest BCUT2D eigenvalue weighted by molar-refractivity contribution is 5.89. The number of hydrogen-bond acceptors (Lipinski definition) is 4. The highest BCUT2D eigenvalue weighted by atomic mass is 16.6. The van der Waals surface area contributed by atoms with Gasteiger partial charge >= 0.3 is 11.7 Å². The first-order valence-electron chi connectivity index (χ1n) is 6.62. The average Bonchev–Trinajstić information content (AvgIpc) is 2.50. The van der Waals surface area contributed by atoms with E-state index in [2.05, 4.69) is 10.6 Å². The Bertz CT molecular complexity index is 674. The van der Waals surface area contributed by atoms with Crippen LogP contribution in [-0.4, -0.2) is 22.6 Å². The van der Waals surface area contributed by atoms with Crippen LogP contribution in [0.15, 0.2) is 48.5 Å². The van der Waals surface area contributed by atoms with Crippen molar-refractivity contribution >= 4 is 17.4 Å². The quantitative estimate of drug-likeness (QED) is 0.448. The summed E-state index contributed by atoms with van der Waals surface area (Å²) in [6.07, 6.45) is 0.685. The second kappa shape index (κ2) is 7.07. The highest BCUT2D eigenvalue weighted by Gasteiger charge is 2.14. The molecule has 0 aromatic heterocycles. The van der Waals surface area contributed by atoms with Gasteiger partial charge in [-0.05, 0) is 24.1 Å². The zero-order valence-electron chi connectivity index (χ0n) is 11.7. The van der Waals surface area contributed by atoms with Crippen molar-refractivity contribution in [3.05, 3.63) is 64.2 Å². The molecule has 0 fully saturated rings. The van der Waals surface area contributed by atoms with Crippen molar-refractivity contribution in [1.82, 2.24) is 5.32 Å². The van der Waals surface area contributed by atoms with Gasteiger partial charge in [0.1, 0.15) is 0 Å². The standard InChI is InChI=1S/C15H15N3O4/c19-14-7-6-12(10-13(14)18(21)22)17-15(20)16-9-8-11-4-2-1-3-5-11/h1-7,10,19H,8-9H2,(H2,16,17,20). The van der Waals surface area contributed by atoms with Crippen molar-refractivity contribution in [2.45, 2.75) is 6.42 Å². The van der Waals surface area contributed by atoms with Gasteiger partial charge in [-0.15, -0.1) is 0 Å². The third-order valence-electron chi connectivity index (χ3n) is 2.97. The molecule has 2 aromatic rings. The van der Waals surface area contributed by atoms with E-state index >= 15 is 0 Å². The van der Waals surface area contributed by atoms with Gasteiger partial charge in [-0.1, -0.05) is 30.3 Å². The van der Waals surface area contributed by atoms with E-state index in [1.165, 1.54) is 6.07 Å². The van der Waals surface area contributed by atoms with Crippen LogP contribution in [0.1, 0.15) is 5.56 Å². The fourth-order valence-electron chi connectivity index (χ4n) is 1.89. The predicted octanol–water partition coefficient (Wildman–Crippen LogP) is 2.66. The first kappa shape index (κ1) is 15.3. The number of nitrogens with zero attached hydrogens (tertiary/aromatic N) is 1. The van der Waals surface area contributed by atoms with Crippen molar-refractivity contribution in [2.24, 2.45) is 0 Å². The molecule has 0 atom stereocenters. The summed E-state index contributed by atoms with van der Waals surface area (Å²) in [7, 11) is 0. The van der Waals surface area contributed by atoms with Crippen LogP contribution in [0.3, 0.4) is 0 Å². The molecule has 0 radical (unpaired) electrons. The van der Waals surface area contributed by atoms with Crippen LogP contribution in [0.25, 0.3) is 0 Å². The second-order valence-corrected chi connectivity index (χ2v) is 4.58. The lowest BCUT2D eigenvalue weighted by Crippen LogP contribution is -2.30. The zero-order chi connectivity index (χ0) is 15.9. The lowest BCUT2D eigenvalue weighted by atomic mass is 10.1. The summed E-state index contributed by atoms with van der Waals surface area (Å²) < 4.78 is 0. The largest absolute Gasteiger partial charge is 0.502 e. The lowest BCUT2D eigenvalue weighted by Gasteiger charge is -2.08. The summed E-state index contributed by atoms with van der Waals surface area (Å²) in [5.41, 5.74) is 0.881. The van der Waals surface area contributed by atoms with Gasteiger partial charge in [-0.3, -0.25) is 10.1 Å². The van der Waals surface area contributed by atoms with Crippen LogP contribution in [0.2, 0.25) is 0 Å². The number of nitrogens with one attached hydrogen (secondary N) is 2. The minimum Gasteiger partial charge on any atom is -0.502 e. The number of urea groups is 1. The molecule has 0 aliphatic heterocycles. The maximum Gasteiger partial charge on any atom is 0.319 e. The number of rotatable bonds is 5. The number of phenolic OH excluding ortho intramolecular Hbond substituents is 1. The van der Waals surface area contributed by atoms with Crippen molar-refractivity contribution in [1.29, 1.82) is 0 Å². The van der Waals surface area contributed by atoms with Crippen molar-refractivity contribution in [2.75, 3.05) is 11.9 Å². The van der Waals surface area contributed by atoms with Crippen molar-refractivity contribution in [3.63, 3.8) is 0 Å². The van der Waals surface area contributed by atoms with Crippen molar-refractivity contribution in [3.8, 4) is 5.75 Å². The van der Waals surface area contributed by atoms with E-state index in [0.29, 0.717) is 13.0 Å². The Morgan fingerprint density at radius 3 is 2.59 bits per heavy atom. The van der Waals surface area contributed by atoms with E-state index in [0.717, 1.165) is 17.7 Å². The highest BCUT2D eigenvalue weighted by Crippen LogP contribution is 2.28. The number of amides is 2. The third kappa shape index (κ3) is 4.20. The molecule has 0 bridgehead atoms. The molecule has 7 heteroatoms. The number of nitro groups is 1. The average molecular weight is 301 g/mol. The molecule has 3 N–H and O–H groups in total. The fraction of sp³-hybridized carbons (Fsp3) is 0.133. The molecule has 0 spiro atoms. The Balaban J connectivity index is 1.87. The monoisotopic (exact) mass is 301 g/mol. The third-order valence-corrected chi connectivity index (χ3v) is 2.97. The summed E-state index contributed by atoms with van der Waals surface area (Å²) in [5, 5.41) is 25.2. The number of anilines is 1. The number of hydrogen-bond donors (Lipinski definition) is 3. The molecule has 0 unspecified atom stereocenters. The van der Waals surface area contributed by atoms with Gasteiger partial charge in [0.15, 0.2) is 5.75 Å². The van der Waals surface area contributed by atoms with E-state index in [-0.39, 0.29) is 5.69 Å². The normalized spacial score (nSPS) is 10.0. The minimum atomic E-state index is -0.714. The molecule has 0 heterocycles. The van der Waals surface area contributed by atoms with Gasteiger partial charge in [0, 0.05) is 18.3 Å². The van der Waals surface area contributed by atoms with Crippen LogP contribution < -0.4 is 10.6 Å². The molecule has 0 aliphatic rings. The first-order valence-corrected chi connectivity index (χ1v) is 6.62. The molecule has 22 heavy (non-hydrogen) atoms. The molecular weight excluding hydrogens is 286 g/mol. The van der Waals surface area contributed by atoms with E-state index in [9.17, 15) is 20.0 Å². The van der Waals surface area contributed by atoms with Gasteiger partial charge in [0.25, 0.3) is 0 Å². The van der Waals surface area contributed by atoms with E-state index < -0.39 is 22.4 Å². The van der Waals surface area contributed by atoms with Gasteiger partial charge in [-0.2, -0.15) is 0 Å². The molecule has 0 aliphatic carbocycles. The molecule has 7 nitrogen and oxygen atoms in total. The van der Waals surface area contributed by atoms with E-state index in [1.807, 2.05) is 30.3 Å². The predicted molar refractivity (Wildman–Crippen MR) is 81.9 cm³/mol. The fourth-order valence-corrected chi connectivity index (χ4v) is 1.89. The Kier molecular flexibility index (Phi) is 4.92. The van der Waals surface area contributed by atoms with Crippen LogP contribution in [0, 0.1) is 10.1 Å². The van der Waals surface area contributed by atoms with Crippen LogP contribution in [-0.2, 0) is 6.42 Å². The number of carbonyl (C=O) groups is 1. The molecule has 2 aromatic carbocycles. The number of aromatic hydroxyl groups is 1. The molecule has 0 saturated carbocycles. The molecular formula is C15H15N3O4. The van der Waals surface area contributed by atoms with Gasteiger partial charge in [-0.25, -0.2) is 4.79 Å². The number of benzene rings is 2. The lowest BCUT2D eigenvalue weighted by molar-refractivity contribution is -0.385. The zero-order valence-corrected chi connectivity index (χ0v) is 11.7. The summed E-state index contributed by atoms with van der Waals surface area (Å²) in [4.78, 5) is 21.7. The number of phenols is 1. The molecule has 2 rings (SSSR count). The smallest absolute Gasteiger partial charge is 0.319 e. The van der Waals surface area contributed by atoms with Crippen molar-refractivity contribution < 1.29 is 14.8 Å². The summed E-state index contributed by atoms with van der Waals surface area (Å²) in [6, 6.07) is 12.9. The SMILES string of the molecule is O=C(NCCc1ccccc1)Nc1ccc(O)c([N+](=O)[O-])c1. The Morgan fingerprint density at radius 1 is 1.18 bits per heavy atom. The van der Waals surface area contributed by atoms with Crippen LogP contribution in [0.5, 0.6) is 5.75 Å². The Labute approximate surface area is 126 Å². The summed E-state index contributed by atoms with van der Waals surface area (Å²) in [6.45, 7) is 0.440. The topological polar surface area (TPSA) is 104 Å². The maximum absolute atomic E-state index is 11.7. The molecule has 0 saturated heterocycles. The molecule has 114 valence electrons. The van der Waals surface area contributed by atoms with Gasteiger partial charge in [0.05, 0.1) is 4.92 Å². The number of carbonyl (C=O) groups excluding carboxylic acids is 1. The first-order chi connectivity index (χ1) is 10.6. The second-order valence-electron chi connectivity index (χ2n) is 4.58. The van der Waals surface area contributed by atoms with E-state index in [1.54, 1.807) is 0 Å². The van der Waals surface area contributed by atoms with E-state index in [4.69, 9.17) is 0 Å².